The zero-order chi connectivity index (χ0) is 16.8. The van der Waals surface area contributed by atoms with E-state index >= 15 is 0 Å². The molecule has 8 heteroatoms. The number of nitrogens with zero attached hydrogens (tertiary/aromatic N) is 2. The van der Waals surface area contributed by atoms with Crippen molar-refractivity contribution < 1.29 is 18.7 Å². The number of methoxy groups -OCH3 is 1. The number of rotatable bonds is 6. The number of ether oxygens (including phenoxy) is 1. The van der Waals surface area contributed by atoms with Crippen molar-refractivity contribution in [1.82, 2.24) is 9.88 Å². The fourth-order valence-electron chi connectivity index (χ4n) is 2.04. The smallest absolute Gasteiger partial charge is 0.315 e. The maximum atomic E-state index is 12.2. The van der Waals surface area contributed by atoms with Crippen LogP contribution in [-0.2, 0) is 9.53 Å². The van der Waals surface area contributed by atoms with Crippen molar-refractivity contribution in [2.75, 3.05) is 20.3 Å². The van der Waals surface area contributed by atoms with Gasteiger partial charge in [0.15, 0.2) is 10.6 Å². The summed E-state index contributed by atoms with van der Waals surface area (Å²) in [7, 11) is 1.57. The monoisotopic (exact) mass is 337 g/mol. The third-order valence-electron chi connectivity index (χ3n) is 3.22. The summed E-state index contributed by atoms with van der Waals surface area (Å²) in [5.74, 6) is -0.465. The molecule has 2 aromatic rings. The molecule has 2 heterocycles. The van der Waals surface area contributed by atoms with Gasteiger partial charge in [-0.3, -0.25) is 9.59 Å². The number of carbonyl (C=O) groups excluding carboxylic acids is 2. The molecule has 7 nitrogen and oxygen atoms in total. The van der Waals surface area contributed by atoms with Crippen LogP contribution in [0.2, 0.25) is 0 Å². The summed E-state index contributed by atoms with van der Waals surface area (Å²) in [6.07, 6.45) is 1.42. The molecule has 2 rings (SSSR count). The summed E-state index contributed by atoms with van der Waals surface area (Å²) in [5.41, 5.74) is 0.857. The van der Waals surface area contributed by atoms with Gasteiger partial charge < -0.3 is 19.0 Å². The van der Waals surface area contributed by atoms with Crippen LogP contribution in [0.3, 0.4) is 0 Å². The van der Waals surface area contributed by atoms with E-state index in [1.807, 2.05) is 12.3 Å². The minimum atomic E-state index is -0.485. The van der Waals surface area contributed by atoms with Crippen LogP contribution in [0, 0.1) is 6.92 Å². The van der Waals surface area contributed by atoms with E-state index in [0.717, 1.165) is 5.69 Å². The van der Waals surface area contributed by atoms with Crippen LogP contribution < -0.4 is 10.1 Å². The number of thiazole rings is 1. The SMILES string of the molecule is COCCNC(=O)[C@@H](C)n1c(C)csc1=NC(=O)c1ccco1. The van der Waals surface area contributed by atoms with E-state index in [1.165, 1.54) is 17.6 Å². The van der Waals surface area contributed by atoms with Crippen LogP contribution in [0.5, 0.6) is 0 Å². The molecule has 0 aromatic carbocycles. The Balaban J connectivity index is 2.24. The van der Waals surface area contributed by atoms with E-state index in [2.05, 4.69) is 10.3 Å². The predicted molar refractivity (Wildman–Crippen MR) is 85.2 cm³/mol. The van der Waals surface area contributed by atoms with Gasteiger partial charge in [0.25, 0.3) is 0 Å². The van der Waals surface area contributed by atoms with Crippen molar-refractivity contribution in [2.24, 2.45) is 4.99 Å². The lowest BCUT2D eigenvalue weighted by Gasteiger charge is -2.15. The molecular weight excluding hydrogens is 318 g/mol. The van der Waals surface area contributed by atoms with Crippen LogP contribution in [0.25, 0.3) is 0 Å². The molecule has 23 heavy (non-hydrogen) atoms. The molecule has 0 aliphatic carbocycles. The number of aromatic nitrogens is 1. The molecule has 0 unspecified atom stereocenters. The summed E-state index contributed by atoms with van der Waals surface area (Å²) in [4.78, 5) is 28.8. The van der Waals surface area contributed by atoms with Crippen LogP contribution in [0.15, 0.2) is 33.2 Å². The molecule has 124 valence electrons. The first-order valence-corrected chi connectivity index (χ1v) is 7.98. The topological polar surface area (TPSA) is 85.8 Å². The highest BCUT2D eigenvalue weighted by Crippen LogP contribution is 2.10. The Hall–Kier alpha value is -2.19. The quantitative estimate of drug-likeness (QED) is 0.810. The Morgan fingerprint density at radius 2 is 2.30 bits per heavy atom. The van der Waals surface area contributed by atoms with Gasteiger partial charge in [0, 0.05) is 24.7 Å². The van der Waals surface area contributed by atoms with Gasteiger partial charge in [-0.1, -0.05) is 0 Å². The van der Waals surface area contributed by atoms with Crippen molar-refractivity contribution in [3.63, 3.8) is 0 Å². The summed E-state index contributed by atoms with van der Waals surface area (Å²) in [6.45, 7) is 4.51. The van der Waals surface area contributed by atoms with Crippen molar-refractivity contribution in [2.45, 2.75) is 19.9 Å². The van der Waals surface area contributed by atoms with Gasteiger partial charge in [0.2, 0.25) is 5.91 Å². The van der Waals surface area contributed by atoms with Crippen LogP contribution in [-0.4, -0.2) is 36.6 Å². The molecule has 0 saturated heterocycles. The average Bonchev–Trinajstić information content (AvgIpc) is 3.17. The third-order valence-corrected chi connectivity index (χ3v) is 4.18. The molecule has 0 aliphatic heterocycles. The highest BCUT2D eigenvalue weighted by molar-refractivity contribution is 7.07. The summed E-state index contributed by atoms with van der Waals surface area (Å²) >= 11 is 1.30. The van der Waals surface area contributed by atoms with Gasteiger partial charge in [-0.15, -0.1) is 11.3 Å². The summed E-state index contributed by atoms with van der Waals surface area (Å²) in [6, 6.07) is 2.70. The standard InChI is InChI=1S/C15H19N3O4S/c1-10-9-23-15(17-14(20)12-5-4-7-22-12)18(10)11(2)13(19)16-6-8-21-3/h4-5,7,9,11H,6,8H2,1-3H3,(H,16,19)/t11-/m1/s1. The van der Waals surface area contributed by atoms with Gasteiger partial charge in [-0.25, -0.2) is 0 Å². The number of amides is 2. The Kier molecular flexibility index (Phi) is 5.89. The van der Waals surface area contributed by atoms with Gasteiger partial charge in [0.05, 0.1) is 12.9 Å². The zero-order valence-electron chi connectivity index (χ0n) is 13.2. The molecule has 1 atom stereocenters. The van der Waals surface area contributed by atoms with Gasteiger partial charge in [0.1, 0.15) is 6.04 Å². The number of carbonyl (C=O) groups is 2. The van der Waals surface area contributed by atoms with Crippen molar-refractivity contribution in [1.29, 1.82) is 0 Å². The fraction of sp³-hybridized carbons (Fsp3) is 0.400. The molecule has 0 radical (unpaired) electrons. The van der Waals surface area contributed by atoms with E-state index in [4.69, 9.17) is 9.15 Å². The fourth-order valence-corrected chi connectivity index (χ4v) is 2.98. The van der Waals surface area contributed by atoms with Crippen LogP contribution in [0.1, 0.15) is 29.2 Å². The molecule has 2 amide bonds. The minimum Gasteiger partial charge on any atom is -0.459 e. The lowest BCUT2D eigenvalue weighted by Crippen LogP contribution is -2.36. The Bertz CT molecular complexity index is 730. The first-order valence-electron chi connectivity index (χ1n) is 7.10. The largest absolute Gasteiger partial charge is 0.459 e. The van der Waals surface area contributed by atoms with Gasteiger partial charge in [-0.2, -0.15) is 4.99 Å². The predicted octanol–water partition coefficient (Wildman–Crippen LogP) is 1.52. The van der Waals surface area contributed by atoms with Gasteiger partial charge >= 0.3 is 5.91 Å². The Labute approximate surface area is 137 Å². The maximum Gasteiger partial charge on any atom is 0.315 e. The molecule has 2 aromatic heterocycles. The lowest BCUT2D eigenvalue weighted by atomic mass is 10.3. The molecule has 0 bridgehead atoms. The Morgan fingerprint density at radius 3 is 2.96 bits per heavy atom. The second-order valence-electron chi connectivity index (χ2n) is 4.88. The highest BCUT2D eigenvalue weighted by Gasteiger charge is 2.18. The summed E-state index contributed by atoms with van der Waals surface area (Å²) in [5, 5.41) is 4.64. The first kappa shape index (κ1) is 17.2. The van der Waals surface area contributed by atoms with E-state index in [9.17, 15) is 9.59 Å². The van der Waals surface area contributed by atoms with Crippen molar-refractivity contribution >= 4 is 23.2 Å². The highest BCUT2D eigenvalue weighted by atomic mass is 32.1. The third kappa shape index (κ3) is 4.17. The minimum absolute atomic E-state index is 0.157. The van der Waals surface area contributed by atoms with E-state index in [1.54, 1.807) is 30.7 Å². The number of nitrogens with one attached hydrogen (secondary N) is 1. The van der Waals surface area contributed by atoms with E-state index in [0.29, 0.717) is 18.0 Å². The normalized spacial score (nSPS) is 13.1. The lowest BCUT2D eigenvalue weighted by molar-refractivity contribution is -0.124. The second-order valence-corrected chi connectivity index (χ2v) is 5.72. The second kappa shape index (κ2) is 7.89. The van der Waals surface area contributed by atoms with Crippen molar-refractivity contribution in [3.05, 3.63) is 40.0 Å². The van der Waals surface area contributed by atoms with Crippen molar-refractivity contribution in [3.8, 4) is 0 Å². The molecule has 0 fully saturated rings. The molecular formula is C15H19N3O4S. The number of aryl methyl sites for hydroxylation is 1. The molecule has 0 aliphatic rings. The van der Waals surface area contributed by atoms with Crippen LogP contribution >= 0.6 is 11.3 Å². The zero-order valence-corrected chi connectivity index (χ0v) is 14.1. The molecule has 1 N–H and O–H groups in total. The number of hydrogen-bond acceptors (Lipinski definition) is 5. The molecule has 0 spiro atoms. The maximum absolute atomic E-state index is 12.2. The van der Waals surface area contributed by atoms with Gasteiger partial charge in [-0.05, 0) is 26.0 Å². The van der Waals surface area contributed by atoms with E-state index in [-0.39, 0.29) is 11.7 Å². The van der Waals surface area contributed by atoms with E-state index < -0.39 is 11.9 Å². The average molecular weight is 337 g/mol. The molecule has 0 saturated carbocycles. The van der Waals surface area contributed by atoms with Crippen LogP contribution in [0.4, 0.5) is 0 Å². The summed E-state index contributed by atoms with van der Waals surface area (Å²) < 4.78 is 11.7. The Morgan fingerprint density at radius 1 is 1.52 bits per heavy atom. The number of hydrogen-bond donors (Lipinski definition) is 1. The first-order chi connectivity index (χ1) is 11.0. The number of furan rings is 1.